The predicted octanol–water partition coefficient (Wildman–Crippen LogP) is 6.12. The fourth-order valence-corrected chi connectivity index (χ4v) is 3.06. The lowest BCUT2D eigenvalue weighted by Crippen LogP contribution is -2.15. The number of hydrogen-bond acceptors (Lipinski definition) is 4. The van der Waals surface area contributed by atoms with E-state index in [1.54, 1.807) is 0 Å². The average Bonchev–Trinajstić information content (AvgIpc) is 2.77. The van der Waals surface area contributed by atoms with Crippen molar-refractivity contribution in [1.29, 1.82) is 0 Å². The standard InChI is InChI=1S/C25H30O4/c1-4-5-14-26-18-29-23-11-8-21(9-12-23)19(2)6-7-20(3)22-10-13-24-25(17-22)28-16-15-27-24/h8-13,17H,2-7,14-16,18H2,1H3. The van der Waals surface area contributed by atoms with E-state index in [-0.39, 0.29) is 6.79 Å². The quantitative estimate of drug-likeness (QED) is 0.340. The fourth-order valence-electron chi connectivity index (χ4n) is 3.06. The Morgan fingerprint density at radius 1 is 0.897 bits per heavy atom. The molecule has 0 radical (unpaired) electrons. The van der Waals surface area contributed by atoms with Gasteiger partial charge in [0.1, 0.15) is 19.0 Å². The van der Waals surface area contributed by atoms with Gasteiger partial charge in [-0.15, -0.1) is 0 Å². The highest BCUT2D eigenvalue weighted by Crippen LogP contribution is 2.34. The summed E-state index contributed by atoms with van der Waals surface area (Å²) in [6, 6.07) is 14.0. The van der Waals surface area contributed by atoms with Crippen LogP contribution in [-0.4, -0.2) is 26.6 Å². The Bertz CT molecular complexity index is 823. The molecular formula is C25H30O4. The Kier molecular flexibility index (Phi) is 7.77. The van der Waals surface area contributed by atoms with E-state index in [0.29, 0.717) is 13.2 Å². The first-order chi connectivity index (χ1) is 14.2. The number of fused-ring (bicyclic) bond motifs is 1. The summed E-state index contributed by atoms with van der Waals surface area (Å²) in [4.78, 5) is 0. The maximum atomic E-state index is 5.66. The van der Waals surface area contributed by atoms with E-state index in [2.05, 4.69) is 20.1 Å². The third-order valence-corrected chi connectivity index (χ3v) is 4.89. The summed E-state index contributed by atoms with van der Waals surface area (Å²) < 4.78 is 22.3. The first kappa shape index (κ1) is 21.0. The van der Waals surface area contributed by atoms with Crippen molar-refractivity contribution in [2.45, 2.75) is 32.6 Å². The van der Waals surface area contributed by atoms with Crippen LogP contribution in [0.25, 0.3) is 11.1 Å². The molecule has 2 aromatic rings. The van der Waals surface area contributed by atoms with Gasteiger partial charge in [-0.3, -0.25) is 0 Å². The normalized spacial score (nSPS) is 12.4. The van der Waals surface area contributed by atoms with Gasteiger partial charge < -0.3 is 18.9 Å². The Morgan fingerprint density at radius 2 is 1.55 bits per heavy atom. The Balaban J connectivity index is 1.47. The molecule has 3 rings (SSSR count). The zero-order valence-electron chi connectivity index (χ0n) is 17.2. The summed E-state index contributed by atoms with van der Waals surface area (Å²) in [6.45, 7) is 12.8. The highest BCUT2D eigenvalue weighted by atomic mass is 16.7. The number of ether oxygens (including phenoxy) is 4. The van der Waals surface area contributed by atoms with Crippen LogP contribution in [0.2, 0.25) is 0 Å². The van der Waals surface area contributed by atoms with Crippen molar-refractivity contribution >= 4 is 11.1 Å². The third-order valence-electron chi connectivity index (χ3n) is 4.89. The van der Waals surface area contributed by atoms with Crippen LogP contribution in [0.5, 0.6) is 17.2 Å². The smallest absolute Gasteiger partial charge is 0.189 e. The lowest BCUT2D eigenvalue weighted by Gasteiger charge is -2.19. The fraction of sp³-hybridized carbons (Fsp3) is 0.360. The topological polar surface area (TPSA) is 36.9 Å². The van der Waals surface area contributed by atoms with E-state index in [1.807, 2.05) is 42.5 Å². The highest BCUT2D eigenvalue weighted by Gasteiger charge is 2.13. The number of unbranched alkanes of at least 4 members (excludes halogenated alkanes) is 1. The molecule has 0 atom stereocenters. The Morgan fingerprint density at radius 3 is 2.28 bits per heavy atom. The number of benzene rings is 2. The number of allylic oxidation sites excluding steroid dienone is 2. The lowest BCUT2D eigenvalue weighted by molar-refractivity contribution is 0.0140. The lowest BCUT2D eigenvalue weighted by atomic mass is 9.96. The molecule has 0 fully saturated rings. The van der Waals surface area contributed by atoms with Crippen LogP contribution in [0.3, 0.4) is 0 Å². The van der Waals surface area contributed by atoms with E-state index in [9.17, 15) is 0 Å². The van der Waals surface area contributed by atoms with Crippen molar-refractivity contribution in [2.75, 3.05) is 26.6 Å². The summed E-state index contributed by atoms with van der Waals surface area (Å²) >= 11 is 0. The zero-order valence-corrected chi connectivity index (χ0v) is 17.2. The molecule has 0 unspecified atom stereocenters. The van der Waals surface area contributed by atoms with Crippen LogP contribution < -0.4 is 14.2 Å². The average molecular weight is 395 g/mol. The monoisotopic (exact) mass is 394 g/mol. The summed E-state index contributed by atoms with van der Waals surface area (Å²) in [5.74, 6) is 2.40. The second kappa shape index (κ2) is 10.7. The second-order valence-corrected chi connectivity index (χ2v) is 7.11. The van der Waals surface area contributed by atoms with Gasteiger partial charge in [0.05, 0.1) is 6.61 Å². The minimum atomic E-state index is 0.287. The van der Waals surface area contributed by atoms with E-state index in [1.165, 1.54) is 0 Å². The highest BCUT2D eigenvalue weighted by molar-refractivity contribution is 5.70. The van der Waals surface area contributed by atoms with Crippen molar-refractivity contribution in [3.8, 4) is 17.2 Å². The third kappa shape index (κ3) is 6.13. The molecule has 0 N–H and O–H groups in total. The maximum absolute atomic E-state index is 5.66. The van der Waals surface area contributed by atoms with Crippen LogP contribution in [0.1, 0.15) is 43.7 Å². The largest absolute Gasteiger partial charge is 0.486 e. The summed E-state index contributed by atoms with van der Waals surface area (Å²) in [5.41, 5.74) is 4.33. The van der Waals surface area contributed by atoms with Crippen LogP contribution in [0.4, 0.5) is 0 Å². The predicted molar refractivity (Wildman–Crippen MR) is 118 cm³/mol. The first-order valence-electron chi connectivity index (χ1n) is 10.2. The molecule has 4 nitrogen and oxygen atoms in total. The summed E-state index contributed by atoms with van der Waals surface area (Å²) in [5, 5.41) is 0. The van der Waals surface area contributed by atoms with Crippen LogP contribution in [0, 0.1) is 0 Å². The van der Waals surface area contributed by atoms with E-state index >= 15 is 0 Å². The van der Waals surface area contributed by atoms with E-state index in [4.69, 9.17) is 18.9 Å². The second-order valence-electron chi connectivity index (χ2n) is 7.11. The van der Waals surface area contributed by atoms with Gasteiger partial charge in [-0.25, -0.2) is 0 Å². The van der Waals surface area contributed by atoms with Crippen LogP contribution in [-0.2, 0) is 4.74 Å². The number of hydrogen-bond donors (Lipinski definition) is 0. The minimum absolute atomic E-state index is 0.287. The SMILES string of the molecule is C=C(CCC(=C)c1ccc2c(c1)OCCO2)c1ccc(OCOCCCC)cc1. The number of rotatable bonds is 11. The molecule has 0 saturated heterocycles. The molecule has 0 aromatic heterocycles. The van der Waals surface area contributed by atoms with Gasteiger partial charge in [0, 0.05) is 0 Å². The van der Waals surface area contributed by atoms with Gasteiger partial charge in [0.2, 0.25) is 0 Å². The minimum Gasteiger partial charge on any atom is -0.486 e. The first-order valence-corrected chi connectivity index (χ1v) is 10.2. The molecule has 154 valence electrons. The van der Waals surface area contributed by atoms with Gasteiger partial charge in [-0.05, 0) is 65.8 Å². The molecule has 0 spiro atoms. The van der Waals surface area contributed by atoms with Gasteiger partial charge in [0.15, 0.2) is 18.3 Å². The van der Waals surface area contributed by atoms with Gasteiger partial charge in [-0.2, -0.15) is 0 Å². The van der Waals surface area contributed by atoms with Gasteiger partial charge >= 0.3 is 0 Å². The molecule has 0 bridgehead atoms. The van der Waals surface area contributed by atoms with E-state index < -0.39 is 0 Å². The molecule has 29 heavy (non-hydrogen) atoms. The van der Waals surface area contributed by atoms with Gasteiger partial charge in [-0.1, -0.05) is 44.7 Å². The maximum Gasteiger partial charge on any atom is 0.189 e. The van der Waals surface area contributed by atoms with Crippen molar-refractivity contribution in [2.24, 2.45) is 0 Å². The van der Waals surface area contributed by atoms with Crippen molar-refractivity contribution in [1.82, 2.24) is 0 Å². The molecule has 1 aliphatic heterocycles. The van der Waals surface area contributed by atoms with Gasteiger partial charge in [0.25, 0.3) is 0 Å². The van der Waals surface area contributed by atoms with Crippen molar-refractivity contribution in [3.63, 3.8) is 0 Å². The summed E-state index contributed by atoms with van der Waals surface area (Å²) in [7, 11) is 0. The molecule has 0 aliphatic carbocycles. The molecule has 1 aliphatic rings. The summed E-state index contributed by atoms with van der Waals surface area (Å²) in [6.07, 6.45) is 3.85. The Labute approximate surface area is 173 Å². The van der Waals surface area contributed by atoms with Crippen molar-refractivity contribution < 1.29 is 18.9 Å². The van der Waals surface area contributed by atoms with Crippen LogP contribution >= 0.6 is 0 Å². The molecular weight excluding hydrogens is 364 g/mol. The molecule has 2 aromatic carbocycles. The molecule has 0 saturated carbocycles. The zero-order chi connectivity index (χ0) is 20.5. The molecule has 0 amide bonds. The molecule has 1 heterocycles. The Hall–Kier alpha value is -2.72. The van der Waals surface area contributed by atoms with E-state index in [0.717, 1.165) is 71.8 Å². The van der Waals surface area contributed by atoms with Crippen molar-refractivity contribution in [3.05, 3.63) is 66.7 Å². The molecule has 4 heteroatoms. The van der Waals surface area contributed by atoms with Crippen LogP contribution in [0.15, 0.2) is 55.6 Å².